The molecule has 1 heterocycles. The highest BCUT2D eigenvalue weighted by Crippen LogP contribution is 2.16. The van der Waals surface area contributed by atoms with E-state index in [1.807, 2.05) is 0 Å². The number of ketones is 1. The van der Waals surface area contributed by atoms with Gasteiger partial charge in [-0.25, -0.2) is 4.39 Å². The Morgan fingerprint density at radius 1 is 1.35 bits per heavy atom. The van der Waals surface area contributed by atoms with Crippen molar-refractivity contribution in [1.29, 1.82) is 0 Å². The van der Waals surface area contributed by atoms with Gasteiger partial charge in [0.15, 0.2) is 0 Å². The van der Waals surface area contributed by atoms with E-state index in [2.05, 4.69) is 4.98 Å². The van der Waals surface area contributed by atoms with Gasteiger partial charge in [-0.05, 0) is 42.8 Å². The fourth-order valence-corrected chi connectivity index (χ4v) is 1.61. The average Bonchev–Trinajstić information content (AvgIpc) is 2.27. The number of rotatable bonds is 2. The molecule has 0 spiro atoms. The molecule has 0 aliphatic carbocycles. The minimum absolute atomic E-state index is 0.150. The van der Waals surface area contributed by atoms with Crippen molar-refractivity contribution in [1.82, 2.24) is 4.98 Å². The van der Waals surface area contributed by atoms with Crippen molar-refractivity contribution >= 4 is 11.5 Å². The zero-order chi connectivity index (χ0) is 12.4. The molecule has 0 fully saturated rings. The Morgan fingerprint density at radius 2 is 2.12 bits per heavy atom. The van der Waals surface area contributed by atoms with Crippen LogP contribution in [0.1, 0.15) is 21.6 Å². The quantitative estimate of drug-likeness (QED) is 0.805. The molecule has 1 aromatic heterocycles. The van der Waals surface area contributed by atoms with Gasteiger partial charge >= 0.3 is 0 Å². The Labute approximate surface area is 98.1 Å². The molecular formula is C13H11FN2O. The van der Waals surface area contributed by atoms with Gasteiger partial charge in [-0.3, -0.25) is 9.78 Å². The van der Waals surface area contributed by atoms with E-state index in [1.165, 1.54) is 18.3 Å². The maximum atomic E-state index is 13.2. The van der Waals surface area contributed by atoms with Crippen LogP contribution in [0, 0.1) is 12.7 Å². The molecule has 0 atom stereocenters. The Bertz CT molecular complexity index is 561. The van der Waals surface area contributed by atoms with Crippen molar-refractivity contribution in [3.05, 3.63) is 59.2 Å². The molecule has 0 bridgehead atoms. The van der Waals surface area contributed by atoms with E-state index in [0.717, 1.165) is 0 Å². The van der Waals surface area contributed by atoms with Gasteiger partial charge in [0.05, 0.1) is 5.69 Å². The first kappa shape index (κ1) is 11.3. The average molecular weight is 230 g/mol. The maximum absolute atomic E-state index is 13.2. The second-order valence-electron chi connectivity index (χ2n) is 3.79. The molecule has 0 aliphatic rings. The molecule has 2 N–H and O–H groups in total. The fourth-order valence-electron chi connectivity index (χ4n) is 1.61. The molecule has 0 saturated heterocycles. The van der Waals surface area contributed by atoms with Gasteiger partial charge in [-0.2, -0.15) is 0 Å². The number of benzene rings is 1. The van der Waals surface area contributed by atoms with Gasteiger partial charge in [0.2, 0.25) is 5.78 Å². The number of anilines is 1. The molecule has 1 aromatic carbocycles. The molecule has 0 unspecified atom stereocenters. The van der Waals surface area contributed by atoms with Gasteiger partial charge in [0.1, 0.15) is 11.5 Å². The van der Waals surface area contributed by atoms with Crippen LogP contribution >= 0.6 is 0 Å². The van der Waals surface area contributed by atoms with Crippen LogP contribution in [0.25, 0.3) is 0 Å². The molecule has 17 heavy (non-hydrogen) atoms. The van der Waals surface area contributed by atoms with Crippen molar-refractivity contribution in [2.45, 2.75) is 6.92 Å². The maximum Gasteiger partial charge on any atom is 0.213 e. The van der Waals surface area contributed by atoms with Crippen molar-refractivity contribution in [3.8, 4) is 0 Å². The Hall–Kier alpha value is -2.23. The third-order valence-corrected chi connectivity index (χ3v) is 2.36. The monoisotopic (exact) mass is 230 g/mol. The highest BCUT2D eigenvalue weighted by molar-refractivity contribution is 6.10. The summed E-state index contributed by atoms with van der Waals surface area (Å²) in [6, 6.07) is 7.39. The summed E-state index contributed by atoms with van der Waals surface area (Å²) in [4.78, 5) is 16.0. The smallest absolute Gasteiger partial charge is 0.213 e. The number of carbonyl (C=O) groups excluding carboxylic acids is 1. The summed E-state index contributed by atoms with van der Waals surface area (Å²) in [5.74, 6) is -0.812. The molecule has 0 saturated carbocycles. The number of hydrogen-bond acceptors (Lipinski definition) is 3. The van der Waals surface area contributed by atoms with Gasteiger partial charge in [0.25, 0.3) is 0 Å². The molecule has 0 aliphatic heterocycles. The lowest BCUT2D eigenvalue weighted by Gasteiger charge is -2.04. The van der Waals surface area contributed by atoms with E-state index in [0.29, 0.717) is 11.3 Å². The van der Waals surface area contributed by atoms with Gasteiger partial charge in [-0.1, -0.05) is 0 Å². The number of nitrogens with zero attached hydrogens (tertiary/aromatic N) is 1. The lowest BCUT2D eigenvalue weighted by Crippen LogP contribution is -2.08. The normalized spacial score (nSPS) is 10.2. The van der Waals surface area contributed by atoms with E-state index >= 15 is 0 Å². The molecule has 0 amide bonds. The zero-order valence-electron chi connectivity index (χ0n) is 9.27. The molecule has 0 radical (unpaired) electrons. The predicted molar refractivity (Wildman–Crippen MR) is 63.2 cm³/mol. The number of nitrogens with two attached hydrogens (primary N) is 1. The topological polar surface area (TPSA) is 56.0 Å². The molecule has 4 heteroatoms. The van der Waals surface area contributed by atoms with Gasteiger partial charge < -0.3 is 5.73 Å². The van der Waals surface area contributed by atoms with Gasteiger partial charge in [0, 0.05) is 11.8 Å². The van der Waals surface area contributed by atoms with Crippen LogP contribution in [0.5, 0.6) is 0 Å². The molecule has 2 aromatic rings. The molecular weight excluding hydrogens is 219 g/mol. The van der Waals surface area contributed by atoms with Crippen molar-refractivity contribution < 1.29 is 9.18 Å². The largest absolute Gasteiger partial charge is 0.397 e. The molecule has 2 rings (SSSR count). The number of nitrogen functional groups attached to an aromatic ring is 1. The van der Waals surface area contributed by atoms with E-state index in [-0.39, 0.29) is 17.0 Å². The summed E-state index contributed by atoms with van der Waals surface area (Å²) in [6.07, 6.45) is 1.48. The number of aryl methyl sites for hydroxylation is 1. The van der Waals surface area contributed by atoms with Crippen LogP contribution in [0.3, 0.4) is 0 Å². The second-order valence-corrected chi connectivity index (χ2v) is 3.79. The van der Waals surface area contributed by atoms with Crippen LogP contribution in [0.2, 0.25) is 0 Å². The van der Waals surface area contributed by atoms with E-state index in [9.17, 15) is 9.18 Å². The highest BCUT2D eigenvalue weighted by Gasteiger charge is 2.14. The Balaban J connectivity index is 2.48. The van der Waals surface area contributed by atoms with Crippen molar-refractivity contribution in [3.63, 3.8) is 0 Å². The number of carbonyl (C=O) groups is 1. The number of aromatic nitrogens is 1. The predicted octanol–water partition coefficient (Wildman–Crippen LogP) is 2.34. The Morgan fingerprint density at radius 3 is 2.76 bits per heavy atom. The summed E-state index contributed by atoms with van der Waals surface area (Å²) in [6.45, 7) is 1.72. The van der Waals surface area contributed by atoms with Gasteiger partial charge in [-0.15, -0.1) is 0 Å². The first-order valence-electron chi connectivity index (χ1n) is 5.10. The third-order valence-electron chi connectivity index (χ3n) is 2.36. The molecule has 86 valence electrons. The summed E-state index contributed by atoms with van der Waals surface area (Å²) in [5, 5.41) is 0. The lowest BCUT2D eigenvalue weighted by atomic mass is 10.0. The van der Waals surface area contributed by atoms with Crippen LogP contribution in [-0.2, 0) is 0 Å². The Kier molecular flexibility index (Phi) is 2.87. The van der Waals surface area contributed by atoms with E-state index in [1.54, 1.807) is 25.1 Å². The van der Waals surface area contributed by atoms with Crippen molar-refractivity contribution in [2.24, 2.45) is 0 Å². The van der Waals surface area contributed by atoms with Crippen LogP contribution in [0.4, 0.5) is 10.1 Å². The first-order chi connectivity index (χ1) is 8.08. The summed E-state index contributed by atoms with van der Waals surface area (Å²) < 4.78 is 13.2. The summed E-state index contributed by atoms with van der Waals surface area (Å²) >= 11 is 0. The van der Waals surface area contributed by atoms with Crippen LogP contribution in [0.15, 0.2) is 36.5 Å². The summed E-state index contributed by atoms with van der Waals surface area (Å²) in [5.41, 5.74) is 7.04. The third kappa shape index (κ3) is 2.30. The minimum Gasteiger partial charge on any atom is -0.397 e. The van der Waals surface area contributed by atoms with Crippen LogP contribution < -0.4 is 5.73 Å². The van der Waals surface area contributed by atoms with E-state index in [4.69, 9.17) is 5.73 Å². The second kappa shape index (κ2) is 4.33. The number of hydrogen-bond donors (Lipinski definition) is 1. The standard InChI is InChI=1S/C13H11FN2O/c1-8-5-9(7-10(14)6-8)13(17)12-11(15)3-2-4-16-12/h2-7H,15H2,1H3. The molecule has 3 nitrogen and oxygen atoms in total. The zero-order valence-corrected chi connectivity index (χ0v) is 9.27. The summed E-state index contributed by atoms with van der Waals surface area (Å²) in [7, 11) is 0. The van der Waals surface area contributed by atoms with Crippen LogP contribution in [-0.4, -0.2) is 10.8 Å². The van der Waals surface area contributed by atoms with Crippen molar-refractivity contribution in [2.75, 3.05) is 5.73 Å². The number of pyridine rings is 1. The minimum atomic E-state index is -0.442. The number of halogens is 1. The van der Waals surface area contributed by atoms with E-state index < -0.39 is 5.82 Å². The lowest BCUT2D eigenvalue weighted by molar-refractivity contribution is 0.103. The SMILES string of the molecule is Cc1cc(F)cc(C(=O)c2ncccc2N)c1. The first-order valence-corrected chi connectivity index (χ1v) is 5.10. The fraction of sp³-hybridized carbons (Fsp3) is 0.0769. The highest BCUT2D eigenvalue weighted by atomic mass is 19.1.